The zero-order chi connectivity index (χ0) is 70.2. The highest BCUT2D eigenvalue weighted by molar-refractivity contribution is 7.08. The van der Waals surface area contributed by atoms with Gasteiger partial charge in [0.15, 0.2) is 0 Å². The van der Waals surface area contributed by atoms with Gasteiger partial charge in [0, 0.05) is 74.2 Å². The van der Waals surface area contributed by atoms with E-state index in [9.17, 15) is 0 Å². The van der Waals surface area contributed by atoms with Gasteiger partial charge in [0.2, 0.25) is 0 Å². The summed E-state index contributed by atoms with van der Waals surface area (Å²) in [6.07, 6.45) is 35.3. The maximum atomic E-state index is 5.58. The Morgan fingerprint density at radius 2 is 0.816 bits per heavy atom. The Balaban J connectivity index is 0.0000000995. The molecule has 0 amide bonds. The molecule has 0 fully saturated rings. The molecule has 5 atom stereocenters. The molecule has 16 heteroatoms. The van der Waals surface area contributed by atoms with Gasteiger partial charge in [-0.1, -0.05) is 91.0 Å². The maximum Gasteiger partial charge on any atom is 0.134 e. The van der Waals surface area contributed by atoms with E-state index in [1.54, 1.807) is 42.1 Å². The largest absolute Gasteiger partial charge is 0.464 e. The normalized spacial score (nSPS) is 24.1. The Bertz CT molecular complexity index is 4620. The van der Waals surface area contributed by atoms with Crippen LogP contribution in [0, 0.1) is 0 Å². The topological polar surface area (TPSA) is 170 Å². The summed E-state index contributed by atoms with van der Waals surface area (Å²) >= 11 is 1.77. The van der Waals surface area contributed by atoms with E-state index < -0.39 is 0 Å². The van der Waals surface area contributed by atoms with Crippen LogP contribution in [0.3, 0.4) is 0 Å². The van der Waals surface area contributed by atoms with Crippen LogP contribution in [0.15, 0.2) is 216 Å². The fraction of sp³-hybridized carbons (Fsp3) is 0.368. The first kappa shape index (κ1) is 67.6. The standard InChI is InChI=1S/2C18H20N4.C17H18N2O.C17H18N2S.C17H17NO/c2*1-13-21-18(11-22(13)2)7-6-17-14(8-18)4-3-5-16(17)15-9-19-12-20-10-15;1-12-18-11-17(19-12)8-7-14-13(10-17)4-2-5-15(14)16-6-3-9-20-16;1-12-18-11-17(19-12)7-5-16-13(9-17)3-2-4-15(16)14-6-8-20-10-14;1-4-13-12-17(8-3-10-18-17)9-7-14(13)15(5-1)16-6-2-11-19-16/h2*3-5,9-10,12H,6-8,11H2,1-2H3;2-6,9H,7-8,10-11H2,1H3,(H,18,19);2-4,6,8,10H,5,7,9,11H2,1H3,(H,18,19);1-2,4-6,10-11H,3,7-9,12H2/t2*18-;3*17-/m10000/s1. The number of fused-ring (bicyclic) bond motifs is 5. The van der Waals surface area contributed by atoms with E-state index in [-0.39, 0.29) is 27.7 Å². The molecule has 10 aromatic rings. The van der Waals surface area contributed by atoms with Crippen LogP contribution >= 0.6 is 11.3 Å². The third-order valence-corrected chi connectivity index (χ3v) is 24.2. The number of nitrogens with one attached hydrogen (secondary N) is 2. The number of hydrogen-bond donors (Lipinski definition) is 2. The number of furan rings is 2. The highest BCUT2D eigenvalue weighted by Crippen LogP contribution is 2.45. The zero-order valence-electron chi connectivity index (χ0n) is 60.4. The Kier molecular flexibility index (Phi) is 18.6. The Labute approximate surface area is 610 Å². The summed E-state index contributed by atoms with van der Waals surface area (Å²) in [6.45, 7) is 12.3. The molecule has 2 N–H and O–H groups in total. The number of thiophene rings is 1. The lowest BCUT2D eigenvalue weighted by atomic mass is 9.75. The first-order chi connectivity index (χ1) is 50.2. The number of aliphatic imine (C=N–C) groups is 5. The van der Waals surface area contributed by atoms with Crippen LogP contribution < -0.4 is 10.6 Å². The van der Waals surface area contributed by atoms with Gasteiger partial charge in [-0.2, -0.15) is 11.3 Å². The summed E-state index contributed by atoms with van der Waals surface area (Å²) in [5, 5.41) is 11.6. The molecule has 0 saturated heterocycles. The molecular formula is C87H93N13O2S. The van der Waals surface area contributed by atoms with Crippen molar-refractivity contribution in [2.45, 2.75) is 165 Å². The molecule has 0 bridgehead atoms. The van der Waals surface area contributed by atoms with Gasteiger partial charge in [-0.3, -0.25) is 25.0 Å². The summed E-state index contributed by atoms with van der Waals surface area (Å²) in [4.78, 5) is 45.0. The lowest BCUT2D eigenvalue weighted by Gasteiger charge is -2.35. The van der Waals surface area contributed by atoms with Gasteiger partial charge in [0.1, 0.15) is 24.2 Å². The van der Waals surface area contributed by atoms with Crippen molar-refractivity contribution in [2.75, 3.05) is 40.3 Å². The molecular weight excluding hydrogens is 1290 g/mol. The molecule has 0 saturated carbocycles. The number of nitrogens with zero attached hydrogens (tertiary/aromatic N) is 11. The number of aromatic nitrogens is 4. The molecule has 15 nitrogen and oxygen atoms in total. The molecule has 5 aliphatic carbocycles. The van der Waals surface area contributed by atoms with Crippen LogP contribution in [0.4, 0.5) is 0 Å². The monoisotopic (exact) mass is 1380 g/mol. The molecule has 10 heterocycles. The molecule has 524 valence electrons. The van der Waals surface area contributed by atoms with E-state index in [1.165, 1.54) is 103 Å². The summed E-state index contributed by atoms with van der Waals surface area (Å²) in [5.74, 6) is 6.47. The van der Waals surface area contributed by atoms with Crippen molar-refractivity contribution in [3.05, 3.63) is 238 Å². The van der Waals surface area contributed by atoms with E-state index in [0.29, 0.717) is 0 Å². The van der Waals surface area contributed by atoms with Crippen LogP contribution in [-0.4, -0.2) is 127 Å². The molecule has 20 rings (SSSR count). The van der Waals surface area contributed by atoms with E-state index in [2.05, 4.69) is 206 Å². The van der Waals surface area contributed by atoms with Gasteiger partial charge < -0.3 is 29.3 Å². The van der Waals surface area contributed by atoms with Crippen LogP contribution in [0.1, 0.15) is 128 Å². The average molecular weight is 1380 g/mol. The van der Waals surface area contributed by atoms with Crippen LogP contribution in [0.2, 0.25) is 0 Å². The van der Waals surface area contributed by atoms with Gasteiger partial charge in [-0.25, -0.2) is 19.9 Å². The Morgan fingerprint density at radius 3 is 1.18 bits per heavy atom. The third kappa shape index (κ3) is 14.0. The average Bonchev–Trinajstić information content (AvgIpc) is 1.73. The highest BCUT2D eigenvalue weighted by Gasteiger charge is 2.44. The molecule has 5 spiro atoms. The molecule has 5 aliphatic heterocycles. The van der Waals surface area contributed by atoms with E-state index >= 15 is 0 Å². The fourth-order valence-electron chi connectivity index (χ4n) is 18.4. The van der Waals surface area contributed by atoms with Crippen molar-refractivity contribution in [1.82, 2.24) is 40.4 Å². The molecule has 0 unspecified atom stereocenters. The van der Waals surface area contributed by atoms with Crippen LogP contribution in [0.25, 0.3) is 56.0 Å². The van der Waals surface area contributed by atoms with E-state index in [4.69, 9.17) is 23.8 Å². The highest BCUT2D eigenvalue weighted by atomic mass is 32.1. The summed E-state index contributed by atoms with van der Waals surface area (Å²) < 4.78 is 11.2. The minimum Gasteiger partial charge on any atom is -0.464 e. The second-order valence-corrected chi connectivity index (χ2v) is 31.3. The van der Waals surface area contributed by atoms with Crippen LogP contribution in [0.5, 0.6) is 0 Å². The van der Waals surface area contributed by atoms with Crippen molar-refractivity contribution in [2.24, 2.45) is 25.0 Å². The quantitative estimate of drug-likeness (QED) is 0.169. The summed E-state index contributed by atoms with van der Waals surface area (Å²) in [7, 11) is 4.28. The molecule has 5 aromatic heterocycles. The Hall–Kier alpha value is -9.93. The minimum absolute atomic E-state index is 0.0810. The summed E-state index contributed by atoms with van der Waals surface area (Å²) in [5.41, 5.74) is 25.4. The zero-order valence-corrected chi connectivity index (χ0v) is 61.2. The number of rotatable bonds is 5. The van der Waals surface area contributed by atoms with Crippen LogP contribution in [-0.2, 0) is 64.2 Å². The number of amidine groups is 4. The Morgan fingerprint density at radius 1 is 0.417 bits per heavy atom. The second-order valence-electron chi connectivity index (χ2n) is 30.5. The number of hydrogen-bond acceptors (Lipinski definition) is 16. The maximum absolute atomic E-state index is 5.58. The predicted molar refractivity (Wildman–Crippen MR) is 418 cm³/mol. The van der Waals surface area contributed by atoms with E-state index in [0.717, 1.165) is 162 Å². The lowest BCUT2D eigenvalue weighted by Crippen LogP contribution is -2.49. The van der Waals surface area contributed by atoms with Crippen molar-refractivity contribution in [3.8, 4) is 56.0 Å². The third-order valence-electron chi connectivity index (χ3n) is 23.6. The SMILES string of the molecule is C1=N[C@@]2(CC1)CCc1c(cccc1-c1ccco1)C2.CC1=NC[C@@]2(CCc3c(cccc3-c3ccco3)C2)N1.CC1=NC[C@@]2(CCc3c(cccc3-c3ccsc3)C2)N1.CC1=N[C@@]2(CCc3c(cccc3-c3cncnc3)C2)CN1C.CC1=N[C@]2(CCc3c(cccc3-c3cncnc3)C2)CN1C. The van der Waals surface area contributed by atoms with Gasteiger partial charge in [0.05, 0.1) is 76.7 Å². The molecule has 5 aromatic carbocycles. The smallest absolute Gasteiger partial charge is 0.134 e. The fourth-order valence-corrected chi connectivity index (χ4v) is 19.0. The van der Waals surface area contributed by atoms with Gasteiger partial charge >= 0.3 is 0 Å². The van der Waals surface area contributed by atoms with Crippen molar-refractivity contribution >= 4 is 40.9 Å². The van der Waals surface area contributed by atoms with Gasteiger partial charge in [-0.05, 0) is 262 Å². The minimum atomic E-state index is 0.0810. The number of likely N-dealkylation sites (N-methyl/N-ethyl adjacent to an activating group) is 2. The first-order valence-corrected chi connectivity index (χ1v) is 38.0. The molecule has 0 radical (unpaired) electrons. The molecule has 103 heavy (non-hydrogen) atoms. The lowest BCUT2D eigenvalue weighted by molar-refractivity contribution is 0.335. The second kappa shape index (κ2) is 28.4. The van der Waals surface area contributed by atoms with Gasteiger partial charge in [0.25, 0.3) is 0 Å². The van der Waals surface area contributed by atoms with Crippen molar-refractivity contribution in [3.63, 3.8) is 0 Å². The predicted octanol–water partition coefficient (Wildman–Crippen LogP) is 16.4. The van der Waals surface area contributed by atoms with E-state index in [1.807, 2.05) is 49.1 Å². The van der Waals surface area contributed by atoms with Gasteiger partial charge in [-0.15, -0.1) is 0 Å². The first-order valence-electron chi connectivity index (χ1n) is 37.0. The molecule has 10 aliphatic rings. The summed E-state index contributed by atoms with van der Waals surface area (Å²) in [6, 6.07) is 43.3. The van der Waals surface area contributed by atoms with Crippen molar-refractivity contribution < 1.29 is 8.83 Å². The van der Waals surface area contributed by atoms with Crippen molar-refractivity contribution in [1.29, 1.82) is 0 Å². The number of benzene rings is 5.